The standard InChI is InChI=1S/C21H41NO2S/c1-2-3-4-5-6-7-8-9-10-11-12-13-14-15-16-17-18-25-20(22)19-21(23)24/h19H,2-18,22H2,1H3,(H,23,24)/b20-19-. The quantitative estimate of drug-likeness (QED) is 0.192. The van der Waals surface area contributed by atoms with Crippen molar-refractivity contribution in [3.63, 3.8) is 0 Å². The zero-order valence-corrected chi connectivity index (χ0v) is 17.3. The van der Waals surface area contributed by atoms with E-state index >= 15 is 0 Å². The number of thioether (sulfide) groups is 1. The minimum atomic E-state index is -0.961. The van der Waals surface area contributed by atoms with Crippen LogP contribution in [0.1, 0.15) is 110 Å². The Bertz CT molecular complexity index is 332. The third-order valence-corrected chi connectivity index (χ3v) is 5.48. The first-order valence-electron chi connectivity index (χ1n) is 10.5. The zero-order chi connectivity index (χ0) is 18.6. The fourth-order valence-electron chi connectivity index (χ4n) is 3.00. The molecule has 148 valence electrons. The Morgan fingerprint density at radius 1 is 0.760 bits per heavy atom. The highest BCUT2D eigenvalue weighted by Crippen LogP contribution is 2.16. The number of aliphatic carboxylic acids is 1. The number of unbranched alkanes of at least 4 members (excludes halogenated alkanes) is 15. The van der Waals surface area contributed by atoms with Crippen molar-refractivity contribution in [3.8, 4) is 0 Å². The highest BCUT2D eigenvalue weighted by molar-refractivity contribution is 8.03. The molecule has 0 heterocycles. The molecule has 0 aliphatic carbocycles. The van der Waals surface area contributed by atoms with Crippen molar-refractivity contribution in [1.29, 1.82) is 0 Å². The average Bonchev–Trinajstić information content (AvgIpc) is 2.57. The lowest BCUT2D eigenvalue weighted by Gasteiger charge is -2.04. The van der Waals surface area contributed by atoms with Crippen molar-refractivity contribution in [2.24, 2.45) is 5.73 Å². The maximum atomic E-state index is 10.4. The molecular weight excluding hydrogens is 330 g/mol. The topological polar surface area (TPSA) is 63.3 Å². The predicted molar refractivity (Wildman–Crippen MR) is 112 cm³/mol. The molecule has 3 nitrogen and oxygen atoms in total. The van der Waals surface area contributed by atoms with Crippen molar-refractivity contribution in [2.45, 2.75) is 110 Å². The Labute approximate surface area is 160 Å². The van der Waals surface area contributed by atoms with Gasteiger partial charge in [0, 0.05) is 0 Å². The van der Waals surface area contributed by atoms with Crippen LogP contribution in [-0.2, 0) is 4.79 Å². The lowest BCUT2D eigenvalue weighted by Crippen LogP contribution is -1.98. The van der Waals surface area contributed by atoms with E-state index in [1.54, 1.807) is 0 Å². The first-order chi connectivity index (χ1) is 12.2. The number of hydrogen-bond donors (Lipinski definition) is 2. The Hall–Kier alpha value is -0.640. The minimum absolute atomic E-state index is 0.411. The molecule has 0 saturated heterocycles. The summed E-state index contributed by atoms with van der Waals surface area (Å²) >= 11 is 1.45. The van der Waals surface area contributed by atoms with E-state index in [-0.39, 0.29) is 0 Å². The Morgan fingerprint density at radius 3 is 1.48 bits per heavy atom. The molecule has 0 fully saturated rings. The van der Waals surface area contributed by atoms with Crippen LogP contribution in [0.15, 0.2) is 11.1 Å². The summed E-state index contributed by atoms with van der Waals surface area (Å²) in [7, 11) is 0. The summed E-state index contributed by atoms with van der Waals surface area (Å²) in [4.78, 5) is 10.4. The second-order valence-electron chi connectivity index (χ2n) is 7.04. The van der Waals surface area contributed by atoms with E-state index in [0.717, 1.165) is 18.2 Å². The van der Waals surface area contributed by atoms with Crippen LogP contribution in [0.25, 0.3) is 0 Å². The Balaban J connectivity index is 3.11. The van der Waals surface area contributed by atoms with Gasteiger partial charge in [0.15, 0.2) is 0 Å². The molecule has 4 heteroatoms. The summed E-state index contributed by atoms with van der Waals surface area (Å²) < 4.78 is 0. The maximum Gasteiger partial charge on any atom is 0.330 e. The summed E-state index contributed by atoms with van der Waals surface area (Å²) in [5.41, 5.74) is 5.58. The van der Waals surface area contributed by atoms with Crippen molar-refractivity contribution in [1.82, 2.24) is 0 Å². The van der Waals surface area contributed by atoms with E-state index in [1.165, 1.54) is 108 Å². The van der Waals surface area contributed by atoms with Crippen LogP contribution in [0.4, 0.5) is 0 Å². The summed E-state index contributed by atoms with van der Waals surface area (Å²) in [5, 5.41) is 8.97. The summed E-state index contributed by atoms with van der Waals surface area (Å²) in [5.74, 6) is -0.0365. The minimum Gasteiger partial charge on any atom is -0.478 e. The molecule has 0 aromatic carbocycles. The molecule has 0 radical (unpaired) electrons. The fourth-order valence-corrected chi connectivity index (χ4v) is 3.77. The van der Waals surface area contributed by atoms with Crippen LogP contribution in [0.2, 0.25) is 0 Å². The Kier molecular flexibility index (Phi) is 19.2. The van der Waals surface area contributed by atoms with Crippen molar-refractivity contribution in [3.05, 3.63) is 11.1 Å². The molecule has 0 amide bonds. The molecule has 0 unspecified atom stereocenters. The van der Waals surface area contributed by atoms with Gasteiger partial charge < -0.3 is 10.8 Å². The number of rotatable bonds is 19. The molecule has 0 aromatic rings. The first-order valence-corrected chi connectivity index (χ1v) is 11.5. The summed E-state index contributed by atoms with van der Waals surface area (Å²) in [6, 6.07) is 0. The SMILES string of the molecule is CCCCCCCCCCCCCCCCCCS/C(N)=C\C(=O)O. The van der Waals surface area contributed by atoms with E-state index < -0.39 is 5.97 Å². The number of hydrogen-bond acceptors (Lipinski definition) is 3. The molecule has 0 aromatic heterocycles. The molecule has 0 aliphatic heterocycles. The van der Waals surface area contributed by atoms with Gasteiger partial charge in [-0.15, -0.1) is 11.8 Å². The van der Waals surface area contributed by atoms with Crippen LogP contribution >= 0.6 is 11.8 Å². The third-order valence-electron chi connectivity index (χ3n) is 4.53. The van der Waals surface area contributed by atoms with Gasteiger partial charge in [-0.25, -0.2) is 4.79 Å². The largest absolute Gasteiger partial charge is 0.478 e. The summed E-state index contributed by atoms with van der Waals surface area (Å²) in [6.45, 7) is 2.28. The number of carboxylic acids is 1. The number of carboxylic acid groups (broad SMARTS) is 1. The lowest BCUT2D eigenvalue weighted by atomic mass is 10.0. The molecule has 25 heavy (non-hydrogen) atoms. The maximum absolute atomic E-state index is 10.4. The van der Waals surface area contributed by atoms with Gasteiger partial charge in [0.25, 0.3) is 0 Å². The summed E-state index contributed by atoms with van der Waals surface area (Å²) in [6.07, 6.45) is 23.0. The van der Waals surface area contributed by atoms with Crippen LogP contribution in [0.5, 0.6) is 0 Å². The van der Waals surface area contributed by atoms with E-state index in [0.29, 0.717) is 5.03 Å². The molecule has 0 bridgehead atoms. The van der Waals surface area contributed by atoms with Gasteiger partial charge >= 0.3 is 5.97 Å². The third kappa shape index (κ3) is 21.3. The van der Waals surface area contributed by atoms with Crippen molar-refractivity contribution in [2.75, 3.05) is 5.75 Å². The van der Waals surface area contributed by atoms with E-state index in [2.05, 4.69) is 6.92 Å². The molecule has 0 saturated carbocycles. The predicted octanol–water partition coefficient (Wildman–Crippen LogP) is 6.87. The van der Waals surface area contributed by atoms with Gasteiger partial charge in [-0.05, 0) is 12.2 Å². The first kappa shape index (κ1) is 24.4. The average molecular weight is 372 g/mol. The van der Waals surface area contributed by atoms with Gasteiger partial charge in [-0.1, -0.05) is 103 Å². The van der Waals surface area contributed by atoms with Gasteiger partial charge in [0.05, 0.1) is 11.1 Å². The van der Waals surface area contributed by atoms with Crippen molar-refractivity contribution >= 4 is 17.7 Å². The highest BCUT2D eigenvalue weighted by Gasteiger charge is 1.97. The van der Waals surface area contributed by atoms with Crippen LogP contribution in [-0.4, -0.2) is 16.8 Å². The van der Waals surface area contributed by atoms with Crippen molar-refractivity contribution < 1.29 is 9.90 Å². The van der Waals surface area contributed by atoms with E-state index in [1.807, 2.05) is 0 Å². The second-order valence-corrected chi connectivity index (χ2v) is 8.21. The van der Waals surface area contributed by atoms with Crippen LogP contribution in [0.3, 0.4) is 0 Å². The molecular formula is C21H41NO2S. The van der Waals surface area contributed by atoms with Crippen LogP contribution < -0.4 is 5.73 Å². The number of carbonyl (C=O) groups is 1. The van der Waals surface area contributed by atoms with Gasteiger partial charge in [-0.3, -0.25) is 0 Å². The molecule has 0 atom stereocenters. The van der Waals surface area contributed by atoms with Gasteiger partial charge in [0.1, 0.15) is 0 Å². The smallest absolute Gasteiger partial charge is 0.330 e. The van der Waals surface area contributed by atoms with Crippen LogP contribution in [0, 0.1) is 0 Å². The second kappa shape index (κ2) is 19.7. The zero-order valence-electron chi connectivity index (χ0n) is 16.4. The van der Waals surface area contributed by atoms with Gasteiger partial charge in [0.2, 0.25) is 0 Å². The highest BCUT2D eigenvalue weighted by atomic mass is 32.2. The number of nitrogens with two attached hydrogens (primary N) is 1. The molecule has 3 N–H and O–H groups in total. The molecule has 0 aliphatic rings. The lowest BCUT2D eigenvalue weighted by molar-refractivity contribution is -0.131. The monoisotopic (exact) mass is 371 g/mol. The fraction of sp³-hybridized carbons (Fsp3) is 0.857. The molecule has 0 rings (SSSR count). The Morgan fingerprint density at radius 2 is 1.12 bits per heavy atom. The van der Waals surface area contributed by atoms with E-state index in [4.69, 9.17) is 10.8 Å². The molecule has 0 spiro atoms. The van der Waals surface area contributed by atoms with Gasteiger partial charge in [-0.2, -0.15) is 0 Å². The van der Waals surface area contributed by atoms with E-state index in [9.17, 15) is 4.79 Å². The normalized spacial score (nSPS) is 11.8.